The highest BCUT2D eigenvalue weighted by atomic mass is 35.5. The predicted molar refractivity (Wildman–Crippen MR) is 133 cm³/mol. The smallest absolute Gasteiger partial charge is 0.253 e. The van der Waals surface area contributed by atoms with Crippen LogP contribution >= 0.6 is 23.2 Å². The van der Waals surface area contributed by atoms with Gasteiger partial charge in [0.1, 0.15) is 6.23 Å². The molecule has 4 heterocycles. The Balaban J connectivity index is 1.28. The number of amides is 1. The zero-order valence-electron chi connectivity index (χ0n) is 19.4. The van der Waals surface area contributed by atoms with E-state index >= 15 is 0 Å². The quantitative estimate of drug-likeness (QED) is 0.536. The molecule has 2 aromatic carbocycles. The van der Waals surface area contributed by atoms with Crippen molar-refractivity contribution in [1.82, 2.24) is 14.7 Å². The molecule has 0 aromatic heterocycles. The Labute approximate surface area is 211 Å². The average Bonchev–Trinajstić information content (AvgIpc) is 3.37. The van der Waals surface area contributed by atoms with Crippen LogP contribution < -0.4 is 0 Å². The molecule has 0 aliphatic carbocycles. The Morgan fingerprint density at radius 2 is 1.97 bits per heavy atom. The first kappa shape index (κ1) is 24.0. The maximum atomic E-state index is 13.0. The van der Waals surface area contributed by atoms with E-state index in [-0.39, 0.29) is 18.1 Å². The molecule has 1 amide bonds. The summed E-state index contributed by atoms with van der Waals surface area (Å²) in [6.45, 7) is 5.00. The summed E-state index contributed by atoms with van der Waals surface area (Å²) in [5, 5.41) is 1.08. The van der Waals surface area contributed by atoms with Gasteiger partial charge >= 0.3 is 0 Å². The van der Waals surface area contributed by atoms with Crippen LogP contribution in [0.3, 0.4) is 0 Å². The number of nitrogens with zero attached hydrogens (tertiary/aromatic N) is 3. The number of rotatable bonds is 8. The second kappa shape index (κ2) is 10.5. The first-order valence-electron chi connectivity index (χ1n) is 12.0. The van der Waals surface area contributed by atoms with E-state index in [0.717, 1.165) is 44.6 Å². The lowest BCUT2D eigenvalue weighted by Crippen LogP contribution is -2.72. The fourth-order valence-corrected chi connectivity index (χ4v) is 5.69. The molecule has 4 aliphatic heterocycles. The number of hydrogen-bond donors (Lipinski definition) is 0. The first-order chi connectivity index (χ1) is 16.5. The molecule has 2 aromatic rings. The molecule has 34 heavy (non-hydrogen) atoms. The van der Waals surface area contributed by atoms with Crippen molar-refractivity contribution in [3.8, 4) is 0 Å². The lowest BCUT2D eigenvalue weighted by Gasteiger charge is -2.57. The van der Waals surface area contributed by atoms with Crippen molar-refractivity contribution < 1.29 is 14.3 Å². The molecular weight excluding hydrogens is 473 g/mol. The fraction of sp³-hybridized carbons (Fsp3) is 0.500. The molecule has 4 saturated heterocycles. The van der Waals surface area contributed by atoms with E-state index in [1.165, 1.54) is 0 Å². The third kappa shape index (κ3) is 4.99. The first-order valence-corrected chi connectivity index (χ1v) is 12.7. The maximum Gasteiger partial charge on any atom is 0.253 e. The van der Waals surface area contributed by atoms with Gasteiger partial charge in [-0.15, -0.1) is 0 Å². The van der Waals surface area contributed by atoms with E-state index < -0.39 is 0 Å². The van der Waals surface area contributed by atoms with Crippen LogP contribution in [0, 0.1) is 0 Å². The molecule has 6 nitrogen and oxygen atoms in total. The second-order valence-corrected chi connectivity index (χ2v) is 10.3. The van der Waals surface area contributed by atoms with Gasteiger partial charge < -0.3 is 14.4 Å². The largest absolute Gasteiger partial charge is 0.365 e. The summed E-state index contributed by atoms with van der Waals surface area (Å²) < 4.78 is 11.8. The predicted octanol–water partition coefficient (Wildman–Crippen LogP) is 4.33. The Hall–Kier alpha value is -1.67. The molecule has 6 rings (SSSR count). The highest BCUT2D eigenvalue weighted by molar-refractivity contribution is 6.42. The van der Waals surface area contributed by atoms with Gasteiger partial charge in [0.25, 0.3) is 5.91 Å². The molecule has 182 valence electrons. The van der Waals surface area contributed by atoms with Crippen LogP contribution in [0.2, 0.25) is 10.0 Å². The van der Waals surface area contributed by atoms with Gasteiger partial charge in [-0.05, 0) is 42.7 Å². The van der Waals surface area contributed by atoms with Gasteiger partial charge in [-0.1, -0.05) is 47.5 Å². The van der Waals surface area contributed by atoms with Crippen LogP contribution in [0.4, 0.5) is 0 Å². The van der Waals surface area contributed by atoms with Crippen LogP contribution in [-0.4, -0.2) is 85.5 Å². The van der Waals surface area contributed by atoms with Crippen LogP contribution in [0.5, 0.6) is 0 Å². The fourth-order valence-electron chi connectivity index (χ4n) is 5.38. The minimum Gasteiger partial charge on any atom is -0.365 e. The van der Waals surface area contributed by atoms with Crippen molar-refractivity contribution in [1.29, 1.82) is 0 Å². The summed E-state index contributed by atoms with van der Waals surface area (Å²) in [5.41, 5.74) is 1.79. The third-order valence-corrected chi connectivity index (χ3v) is 8.03. The van der Waals surface area contributed by atoms with E-state index in [9.17, 15) is 4.79 Å². The zero-order valence-corrected chi connectivity index (χ0v) is 20.9. The molecule has 0 spiro atoms. The molecule has 4 fully saturated rings. The third-order valence-electron chi connectivity index (χ3n) is 7.29. The van der Waals surface area contributed by atoms with E-state index in [1.54, 1.807) is 4.90 Å². The minimum absolute atomic E-state index is 0.0166. The van der Waals surface area contributed by atoms with Crippen molar-refractivity contribution in [3.63, 3.8) is 0 Å². The van der Waals surface area contributed by atoms with E-state index in [2.05, 4.69) is 9.80 Å². The number of ether oxygens (including phenoxy) is 2. The van der Waals surface area contributed by atoms with Crippen LogP contribution in [0.25, 0.3) is 0 Å². The van der Waals surface area contributed by atoms with Gasteiger partial charge in [0, 0.05) is 44.7 Å². The molecule has 0 N–H and O–H groups in total. The summed E-state index contributed by atoms with van der Waals surface area (Å²) in [4.78, 5) is 19.7. The SMILES string of the molecule is CN(CC(CCN1CCC2OC1C2N1CCOC1)c1ccc(Cl)c(Cl)c1)C(=O)c1ccccc1. The Morgan fingerprint density at radius 1 is 1.15 bits per heavy atom. The molecule has 0 radical (unpaired) electrons. The van der Waals surface area contributed by atoms with Gasteiger partial charge in [-0.3, -0.25) is 14.6 Å². The maximum absolute atomic E-state index is 13.0. The highest BCUT2D eigenvalue weighted by Gasteiger charge is 2.52. The van der Waals surface area contributed by atoms with Crippen LogP contribution in [-0.2, 0) is 9.47 Å². The van der Waals surface area contributed by atoms with Gasteiger partial charge in [-0.2, -0.15) is 0 Å². The standard InChI is InChI=1S/C26H31Cl2N3O3/c1-29(25(32)18-5-3-2-4-6-18)16-20(19-7-8-21(27)22(28)15-19)9-11-30-12-10-23-24(26(30)34-23)31-13-14-33-17-31/h2-8,15,20,23-24,26H,9-14,16-17H2,1H3. The van der Waals surface area contributed by atoms with Crippen molar-refractivity contribution in [3.05, 3.63) is 69.7 Å². The molecular formula is C26H31Cl2N3O3. The normalized spacial score (nSPS) is 25.7. The minimum atomic E-state index is 0.0166. The summed E-state index contributed by atoms with van der Waals surface area (Å²) in [5.74, 6) is 0.140. The van der Waals surface area contributed by atoms with Crippen molar-refractivity contribution in [2.75, 3.05) is 46.6 Å². The second-order valence-electron chi connectivity index (χ2n) is 9.44. The zero-order chi connectivity index (χ0) is 23.7. The van der Waals surface area contributed by atoms with Crippen LogP contribution in [0.1, 0.15) is 34.7 Å². The molecule has 4 unspecified atom stereocenters. The highest BCUT2D eigenvalue weighted by Crippen LogP contribution is 2.38. The average molecular weight is 504 g/mol. The molecule has 2 bridgehead atoms. The van der Waals surface area contributed by atoms with E-state index in [0.29, 0.717) is 41.0 Å². The lowest BCUT2D eigenvalue weighted by molar-refractivity contribution is -0.285. The van der Waals surface area contributed by atoms with Crippen LogP contribution in [0.15, 0.2) is 48.5 Å². The van der Waals surface area contributed by atoms with Crippen molar-refractivity contribution >= 4 is 29.1 Å². The van der Waals surface area contributed by atoms with Gasteiger partial charge in [0.05, 0.1) is 35.5 Å². The summed E-state index contributed by atoms with van der Waals surface area (Å²) in [6.07, 6.45) is 2.38. The Kier molecular flexibility index (Phi) is 7.44. The monoisotopic (exact) mass is 503 g/mol. The van der Waals surface area contributed by atoms with Crippen molar-refractivity contribution in [2.45, 2.75) is 37.1 Å². The Morgan fingerprint density at radius 3 is 2.68 bits per heavy atom. The van der Waals surface area contributed by atoms with Crippen molar-refractivity contribution in [2.24, 2.45) is 0 Å². The van der Waals surface area contributed by atoms with E-state index in [4.69, 9.17) is 32.7 Å². The van der Waals surface area contributed by atoms with E-state index in [1.807, 2.05) is 55.6 Å². The molecule has 8 heteroatoms. The molecule has 4 aliphatic rings. The lowest BCUT2D eigenvalue weighted by atomic mass is 9.90. The number of halogens is 2. The van der Waals surface area contributed by atoms with Gasteiger partial charge in [0.2, 0.25) is 0 Å². The Bertz CT molecular complexity index is 1000. The number of carbonyl (C=O) groups is 1. The number of benzene rings is 2. The number of fused-ring (bicyclic) bond motifs is 2. The summed E-state index contributed by atoms with van der Waals surface area (Å²) in [6, 6.07) is 15.6. The topological polar surface area (TPSA) is 45.2 Å². The summed E-state index contributed by atoms with van der Waals surface area (Å²) in [7, 11) is 1.86. The summed E-state index contributed by atoms with van der Waals surface area (Å²) >= 11 is 12.5. The number of carbonyl (C=O) groups excluding carboxylic acids is 1. The van der Waals surface area contributed by atoms with Gasteiger partial charge in [-0.25, -0.2) is 0 Å². The number of piperidine rings is 1. The number of hydrogen-bond acceptors (Lipinski definition) is 5. The molecule has 0 saturated carbocycles. The van der Waals surface area contributed by atoms with Gasteiger partial charge in [0.15, 0.2) is 0 Å². The molecule has 4 atom stereocenters. The number of likely N-dealkylation sites (N-methyl/N-ethyl adjacent to an activating group) is 1.